The van der Waals surface area contributed by atoms with E-state index in [-0.39, 0.29) is 5.92 Å². The van der Waals surface area contributed by atoms with Crippen molar-refractivity contribution in [2.45, 2.75) is 39.9 Å². The molecule has 0 aromatic carbocycles. The van der Waals surface area contributed by atoms with Crippen molar-refractivity contribution in [3.05, 3.63) is 11.3 Å². The van der Waals surface area contributed by atoms with E-state index in [9.17, 15) is 10.2 Å². The van der Waals surface area contributed by atoms with E-state index >= 15 is 0 Å². The highest BCUT2D eigenvalue weighted by molar-refractivity contribution is 5.94. The van der Waals surface area contributed by atoms with E-state index in [0.29, 0.717) is 11.4 Å². The second-order valence-corrected chi connectivity index (χ2v) is 3.97. The number of rotatable bonds is 1. The van der Waals surface area contributed by atoms with Gasteiger partial charge in [0.25, 0.3) is 0 Å². The smallest absolute Gasteiger partial charge is 0.127 e. The first-order chi connectivity index (χ1) is 5.95. The molecule has 1 aliphatic heterocycles. The molecule has 0 unspecified atom stereocenters. The van der Waals surface area contributed by atoms with Crippen LogP contribution in [-0.2, 0) is 0 Å². The van der Waals surface area contributed by atoms with Crippen molar-refractivity contribution >= 4 is 5.71 Å². The maximum atomic E-state index is 9.63. The van der Waals surface area contributed by atoms with Crippen LogP contribution in [0.15, 0.2) is 16.3 Å². The first-order valence-electron chi connectivity index (χ1n) is 4.57. The zero-order valence-corrected chi connectivity index (χ0v) is 8.57. The molecule has 0 saturated carbocycles. The molecule has 13 heavy (non-hydrogen) atoms. The Hall–Kier alpha value is -0.670. The summed E-state index contributed by atoms with van der Waals surface area (Å²) in [5.74, 6) is 0.182. The van der Waals surface area contributed by atoms with E-state index < -0.39 is 12.2 Å². The molecule has 1 rings (SSSR count). The van der Waals surface area contributed by atoms with Gasteiger partial charge in [0.05, 0.1) is 11.4 Å². The van der Waals surface area contributed by atoms with Gasteiger partial charge in [-0.05, 0) is 19.8 Å². The molecule has 3 heteroatoms. The minimum absolute atomic E-state index is 0.182. The second-order valence-electron chi connectivity index (χ2n) is 3.97. The third kappa shape index (κ3) is 1.81. The molecule has 2 atom stereocenters. The van der Waals surface area contributed by atoms with E-state index in [2.05, 4.69) is 4.99 Å². The lowest BCUT2D eigenvalue weighted by Crippen LogP contribution is -2.31. The largest absolute Gasteiger partial charge is 0.384 e. The number of hydrogen-bond donors (Lipinski definition) is 2. The maximum Gasteiger partial charge on any atom is 0.127 e. The molecular formula is C10H17NO2. The van der Waals surface area contributed by atoms with Crippen LogP contribution in [0.2, 0.25) is 0 Å². The van der Waals surface area contributed by atoms with Crippen molar-refractivity contribution < 1.29 is 10.2 Å². The van der Waals surface area contributed by atoms with Gasteiger partial charge in [-0.15, -0.1) is 0 Å². The Morgan fingerprint density at radius 1 is 1.23 bits per heavy atom. The number of allylic oxidation sites excluding steroid dienone is 1. The van der Waals surface area contributed by atoms with Crippen molar-refractivity contribution in [1.29, 1.82) is 0 Å². The van der Waals surface area contributed by atoms with Crippen LogP contribution in [0.1, 0.15) is 27.7 Å². The van der Waals surface area contributed by atoms with Gasteiger partial charge in [-0.3, -0.25) is 4.99 Å². The monoisotopic (exact) mass is 183 g/mol. The van der Waals surface area contributed by atoms with Crippen molar-refractivity contribution in [3.8, 4) is 0 Å². The van der Waals surface area contributed by atoms with Gasteiger partial charge in [0.1, 0.15) is 12.2 Å². The highest BCUT2D eigenvalue weighted by atomic mass is 16.3. The van der Waals surface area contributed by atoms with Gasteiger partial charge in [-0.2, -0.15) is 0 Å². The molecular weight excluding hydrogens is 166 g/mol. The third-order valence-corrected chi connectivity index (χ3v) is 2.24. The van der Waals surface area contributed by atoms with Crippen LogP contribution in [0.3, 0.4) is 0 Å². The summed E-state index contributed by atoms with van der Waals surface area (Å²) in [5.41, 5.74) is 2.27. The normalized spacial score (nSPS) is 28.2. The summed E-state index contributed by atoms with van der Waals surface area (Å²) >= 11 is 0. The Morgan fingerprint density at radius 3 is 2.00 bits per heavy atom. The molecule has 3 nitrogen and oxygen atoms in total. The topological polar surface area (TPSA) is 52.8 Å². The predicted octanol–water partition coefficient (Wildman–Crippen LogP) is 1.11. The molecule has 1 heterocycles. The summed E-state index contributed by atoms with van der Waals surface area (Å²) in [6.45, 7) is 7.70. The van der Waals surface area contributed by atoms with Gasteiger partial charge in [0, 0.05) is 0 Å². The van der Waals surface area contributed by atoms with Crippen LogP contribution in [0.25, 0.3) is 0 Å². The van der Waals surface area contributed by atoms with Crippen LogP contribution in [0.4, 0.5) is 0 Å². The van der Waals surface area contributed by atoms with Gasteiger partial charge in [0.15, 0.2) is 0 Å². The summed E-state index contributed by atoms with van der Waals surface area (Å²) in [6, 6.07) is 0. The van der Waals surface area contributed by atoms with Crippen LogP contribution < -0.4 is 0 Å². The first-order valence-corrected chi connectivity index (χ1v) is 4.57. The maximum absolute atomic E-state index is 9.63. The lowest BCUT2D eigenvalue weighted by Gasteiger charge is -2.12. The minimum Gasteiger partial charge on any atom is -0.384 e. The minimum atomic E-state index is -0.831. The van der Waals surface area contributed by atoms with E-state index in [1.54, 1.807) is 0 Å². The Bertz CT molecular complexity index is 262. The van der Waals surface area contributed by atoms with E-state index in [0.717, 1.165) is 5.57 Å². The zero-order valence-electron chi connectivity index (χ0n) is 8.57. The number of nitrogens with zero attached hydrogens (tertiary/aromatic N) is 1. The second kappa shape index (κ2) is 3.60. The SMILES string of the molecule is CC(C)=C1N=C(C(C)C)[C@H](O)[C@@H]1O. The summed E-state index contributed by atoms with van der Waals surface area (Å²) < 4.78 is 0. The fourth-order valence-electron chi connectivity index (χ4n) is 1.46. The number of aliphatic hydroxyl groups is 2. The van der Waals surface area contributed by atoms with Gasteiger partial charge >= 0.3 is 0 Å². The predicted molar refractivity (Wildman–Crippen MR) is 52.7 cm³/mol. The van der Waals surface area contributed by atoms with Gasteiger partial charge in [-0.1, -0.05) is 19.4 Å². The molecule has 0 bridgehead atoms. The molecule has 2 N–H and O–H groups in total. The number of hydrogen-bond acceptors (Lipinski definition) is 3. The van der Waals surface area contributed by atoms with Crippen molar-refractivity contribution in [3.63, 3.8) is 0 Å². The summed E-state index contributed by atoms with van der Waals surface area (Å²) in [5, 5.41) is 19.3. The Balaban J connectivity index is 3.03. The van der Waals surface area contributed by atoms with E-state index in [4.69, 9.17) is 0 Å². The first kappa shape index (κ1) is 10.4. The van der Waals surface area contributed by atoms with Crippen molar-refractivity contribution in [2.24, 2.45) is 10.9 Å². The molecule has 0 radical (unpaired) electrons. The Morgan fingerprint density at radius 2 is 1.77 bits per heavy atom. The summed E-state index contributed by atoms with van der Waals surface area (Å²) in [6.07, 6.45) is -1.65. The number of aliphatic hydroxyl groups excluding tert-OH is 2. The molecule has 0 spiro atoms. The van der Waals surface area contributed by atoms with E-state index in [1.165, 1.54) is 0 Å². The Kier molecular flexibility index (Phi) is 2.88. The Labute approximate surface area is 78.8 Å². The number of aliphatic imine (C=N–C) groups is 1. The summed E-state index contributed by atoms with van der Waals surface area (Å²) in [4.78, 5) is 4.25. The molecule has 0 amide bonds. The molecule has 0 saturated heterocycles. The average Bonchev–Trinajstić information content (AvgIpc) is 2.29. The van der Waals surface area contributed by atoms with Crippen LogP contribution in [0, 0.1) is 5.92 Å². The molecule has 1 aliphatic rings. The van der Waals surface area contributed by atoms with Crippen LogP contribution in [0.5, 0.6) is 0 Å². The molecule has 74 valence electrons. The van der Waals surface area contributed by atoms with Gasteiger partial charge < -0.3 is 10.2 Å². The fraction of sp³-hybridized carbons (Fsp3) is 0.700. The molecule has 0 fully saturated rings. The van der Waals surface area contributed by atoms with Crippen molar-refractivity contribution in [2.75, 3.05) is 0 Å². The standard InChI is InChI=1S/C10H17NO2/c1-5(2)7-9(12)10(13)8(11-7)6(3)4/h5,9-10,12-13H,1-4H3/t9-,10+/m0/s1. The molecule has 0 aromatic heterocycles. The van der Waals surface area contributed by atoms with Crippen LogP contribution in [-0.4, -0.2) is 28.1 Å². The van der Waals surface area contributed by atoms with Crippen LogP contribution >= 0.6 is 0 Å². The lowest BCUT2D eigenvalue weighted by molar-refractivity contribution is 0.0902. The zero-order chi connectivity index (χ0) is 10.2. The quantitative estimate of drug-likeness (QED) is 0.640. The van der Waals surface area contributed by atoms with Gasteiger partial charge in [-0.25, -0.2) is 0 Å². The van der Waals surface area contributed by atoms with Gasteiger partial charge in [0.2, 0.25) is 0 Å². The lowest BCUT2D eigenvalue weighted by atomic mass is 10.0. The fourth-order valence-corrected chi connectivity index (χ4v) is 1.46. The molecule has 0 aliphatic carbocycles. The average molecular weight is 183 g/mol. The highest BCUT2D eigenvalue weighted by Gasteiger charge is 2.33. The molecule has 0 aromatic rings. The van der Waals surface area contributed by atoms with Crippen molar-refractivity contribution in [1.82, 2.24) is 0 Å². The third-order valence-electron chi connectivity index (χ3n) is 2.24. The summed E-state index contributed by atoms with van der Waals surface area (Å²) in [7, 11) is 0. The highest BCUT2D eigenvalue weighted by Crippen LogP contribution is 2.24. The van der Waals surface area contributed by atoms with E-state index in [1.807, 2.05) is 27.7 Å².